The number of aliphatic hydroxyl groups excluding tert-OH is 1. The fourth-order valence-corrected chi connectivity index (χ4v) is 5.18. The van der Waals surface area contributed by atoms with Crippen LogP contribution >= 0.6 is 0 Å². The van der Waals surface area contributed by atoms with Crippen molar-refractivity contribution < 1.29 is 38.6 Å². The maximum absolute atomic E-state index is 12.6. The molecule has 0 unspecified atom stereocenters. The van der Waals surface area contributed by atoms with E-state index in [1.165, 1.54) is 6.07 Å². The number of piperidine rings is 1. The molecule has 1 aromatic rings. The van der Waals surface area contributed by atoms with Crippen LogP contribution in [-0.4, -0.2) is 72.4 Å². The number of Topliss-reactive ketones (excluding diaryl/α,β-unsaturated/α-hetero) is 1. The third kappa shape index (κ3) is 6.83. The van der Waals surface area contributed by atoms with Crippen molar-refractivity contribution in [2.24, 2.45) is 5.92 Å². The van der Waals surface area contributed by atoms with Gasteiger partial charge >= 0.3 is 19.1 Å². The molecule has 1 aromatic carbocycles. The molecule has 1 saturated heterocycles. The summed E-state index contributed by atoms with van der Waals surface area (Å²) in [6.45, 7) is 1.18. The molecule has 1 aliphatic carbocycles. The molecule has 1 atom stereocenters. The highest BCUT2D eigenvalue weighted by Crippen LogP contribution is 2.36. The van der Waals surface area contributed by atoms with E-state index in [-0.39, 0.29) is 48.1 Å². The van der Waals surface area contributed by atoms with Gasteiger partial charge in [-0.2, -0.15) is 0 Å². The summed E-state index contributed by atoms with van der Waals surface area (Å²) in [5.41, 5.74) is 0.856. The minimum atomic E-state index is -1.23. The summed E-state index contributed by atoms with van der Waals surface area (Å²) in [7, 11) is -1.23. The first-order valence-corrected chi connectivity index (χ1v) is 12.6. The molecule has 1 saturated carbocycles. The summed E-state index contributed by atoms with van der Waals surface area (Å²) in [6.07, 6.45) is 6.31. The Hall–Kier alpha value is -2.43. The van der Waals surface area contributed by atoms with Crippen LogP contribution < -0.4 is 4.65 Å². The number of hydrogen-bond donors (Lipinski definition) is 2. The van der Waals surface area contributed by atoms with E-state index in [4.69, 9.17) is 14.1 Å². The second kappa shape index (κ2) is 12.0. The Morgan fingerprint density at radius 3 is 2.54 bits per heavy atom. The smallest absolute Gasteiger partial charge is 0.526 e. The quantitative estimate of drug-likeness (QED) is 0.323. The van der Waals surface area contributed by atoms with Gasteiger partial charge in [0.15, 0.2) is 0 Å². The van der Waals surface area contributed by atoms with Crippen LogP contribution in [0.25, 0.3) is 0 Å². The molecule has 2 N–H and O–H groups in total. The lowest BCUT2D eigenvalue weighted by Gasteiger charge is -2.31. The van der Waals surface area contributed by atoms with Crippen molar-refractivity contribution in [2.45, 2.75) is 69.7 Å². The summed E-state index contributed by atoms with van der Waals surface area (Å²) < 4.78 is 16.0. The highest BCUT2D eigenvalue weighted by atomic mass is 16.7. The van der Waals surface area contributed by atoms with Crippen LogP contribution in [0.2, 0.25) is 5.82 Å². The molecule has 10 heteroatoms. The zero-order valence-corrected chi connectivity index (χ0v) is 20.0. The fourth-order valence-electron chi connectivity index (χ4n) is 5.18. The Balaban J connectivity index is 1.29. The number of carbonyl (C=O) groups excluding carboxylic acids is 3. The first-order valence-electron chi connectivity index (χ1n) is 12.6. The van der Waals surface area contributed by atoms with E-state index >= 15 is 0 Å². The number of hydrogen-bond acceptors (Lipinski definition) is 9. The molecule has 0 amide bonds. The van der Waals surface area contributed by atoms with E-state index < -0.39 is 25.7 Å². The van der Waals surface area contributed by atoms with Crippen LogP contribution in [0.3, 0.4) is 0 Å². The van der Waals surface area contributed by atoms with Gasteiger partial charge in [-0.25, -0.2) is 4.79 Å². The van der Waals surface area contributed by atoms with Crippen molar-refractivity contribution >= 4 is 24.8 Å². The molecule has 3 aliphatic rings. The molecule has 4 rings (SSSR count). The van der Waals surface area contributed by atoms with E-state index in [9.17, 15) is 24.5 Å². The lowest BCUT2D eigenvalue weighted by Crippen LogP contribution is -2.41. The molecule has 2 aliphatic heterocycles. The summed E-state index contributed by atoms with van der Waals surface area (Å²) >= 11 is 0. The highest BCUT2D eigenvalue weighted by Gasteiger charge is 2.38. The number of aliphatic hydroxyl groups is 1. The summed E-state index contributed by atoms with van der Waals surface area (Å²) in [5, 5.41) is 20.2. The van der Waals surface area contributed by atoms with Crippen molar-refractivity contribution in [1.29, 1.82) is 0 Å². The first-order chi connectivity index (χ1) is 16.9. The topological polar surface area (TPSA) is 123 Å². The Bertz CT molecular complexity index is 911. The Morgan fingerprint density at radius 1 is 1.06 bits per heavy atom. The molecule has 190 valence electrons. The average molecular weight is 487 g/mol. The van der Waals surface area contributed by atoms with E-state index in [0.717, 1.165) is 32.1 Å². The van der Waals surface area contributed by atoms with Gasteiger partial charge in [-0.05, 0) is 43.7 Å². The standard InChI is InChI=1S/C25H34BNO8/c28-20-9-11-27(12-10-20)15-21(29)14-19-13-18-7-4-8-22(23(18)35-26(19)32)25(31)34-16-33-24(30)17-5-2-1-3-6-17/h4,7-8,17,19-20,28,32H,1-3,5-6,9-16H2/t19-/m1/s1. The van der Waals surface area contributed by atoms with Gasteiger partial charge in [0.2, 0.25) is 6.79 Å². The number of para-hydroxylation sites is 1. The van der Waals surface area contributed by atoms with Gasteiger partial charge in [-0.3, -0.25) is 14.5 Å². The fraction of sp³-hybridized carbons (Fsp3) is 0.640. The van der Waals surface area contributed by atoms with Crippen molar-refractivity contribution in [2.75, 3.05) is 26.4 Å². The van der Waals surface area contributed by atoms with Crippen molar-refractivity contribution in [3.05, 3.63) is 29.3 Å². The summed E-state index contributed by atoms with van der Waals surface area (Å²) in [6, 6.07) is 5.03. The lowest BCUT2D eigenvalue weighted by atomic mass is 9.64. The number of ketones is 1. The minimum Gasteiger partial charge on any atom is -0.535 e. The molecular formula is C25H34BNO8. The van der Waals surface area contributed by atoms with Crippen LogP contribution in [0.5, 0.6) is 5.75 Å². The van der Waals surface area contributed by atoms with Gasteiger partial charge in [0.25, 0.3) is 0 Å². The van der Waals surface area contributed by atoms with E-state index in [1.807, 2.05) is 4.90 Å². The molecular weight excluding hydrogens is 453 g/mol. The predicted molar refractivity (Wildman–Crippen MR) is 127 cm³/mol. The SMILES string of the molecule is O=C(C[C@H]1Cc2cccc(C(=O)OCOC(=O)C3CCCCC3)c2OB1O)CN1CCC(O)CC1. The first kappa shape index (κ1) is 25.7. The average Bonchev–Trinajstić information content (AvgIpc) is 2.86. The normalized spacial score (nSPS) is 21.7. The van der Waals surface area contributed by atoms with Crippen LogP contribution in [0.15, 0.2) is 18.2 Å². The van der Waals surface area contributed by atoms with Gasteiger partial charge < -0.3 is 24.3 Å². The number of likely N-dealkylation sites (tertiary alicyclic amines) is 1. The number of esters is 2. The van der Waals surface area contributed by atoms with Crippen LogP contribution in [-0.2, 0) is 25.5 Å². The van der Waals surface area contributed by atoms with Gasteiger partial charge in [-0.15, -0.1) is 0 Å². The van der Waals surface area contributed by atoms with Crippen LogP contribution in [0.4, 0.5) is 0 Å². The number of nitrogens with zero attached hydrogens (tertiary/aromatic N) is 1. The summed E-state index contributed by atoms with van der Waals surface area (Å²) in [5.74, 6) is -1.36. The third-order valence-corrected chi connectivity index (χ3v) is 7.22. The van der Waals surface area contributed by atoms with Crippen molar-refractivity contribution in [1.82, 2.24) is 4.90 Å². The van der Waals surface area contributed by atoms with Gasteiger partial charge in [0.05, 0.1) is 18.6 Å². The van der Waals surface area contributed by atoms with E-state index in [2.05, 4.69) is 0 Å². The maximum Gasteiger partial charge on any atom is 0.526 e. The predicted octanol–water partition coefficient (Wildman–Crippen LogP) is 2.13. The number of rotatable bonds is 8. The molecule has 0 aromatic heterocycles. The van der Waals surface area contributed by atoms with Gasteiger partial charge in [0.1, 0.15) is 17.1 Å². The molecule has 2 fully saturated rings. The summed E-state index contributed by atoms with van der Waals surface area (Å²) in [4.78, 5) is 39.4. The number of ether oxygens (including phenoxy) is 2. The number of fused-ring (bicyclic) bond motifs is 1. The van der Waals surface area contributed by atoms with Gasteiger partial charge in [0, 0.05) is 25.3 Å². The van der Waals surface area contributed by atoms with E-state index in [1.54, 1.807) is 12.1 Å². The van der Waals surface area contributed by atoms with Crippen LogP contribution in [0.1, 0.15) is 67.3 Å². The van der Waals surface area contributed by atoms with Gasteiger partial charge in [-0.1, -0.05) is 31.4 Å². The molecule has 0 spiro atoms. The molecule has 2 heterocycles. The number of benzene rings is 1. The van der Waals surface area contributed by atoms with E-state index in [0.29, 0.717) is 37.9 Å². The number of carbonyl (C=O) groups is 3. The monoisotopic (exact) mass is 487 g/mol. The molecule has 35 heavy (non-hydrogen) atoms. The molecule has 0 radical (unpaired) electrons. The molecule has 9 nitrogen and oxygen atoms in total. The third-order valence-electron chi connectivity index (χ3n) is 7.22. The second-order valence-electron chi connectivity index (χ2n) is 9.86. The zero-order chi connectivity index (χ0) is 24.8. The Kier molecular flexibility index (Phi) is 8.81. The van der Waals surface area contributed by atoms with Crippen molar-refractivity contribution in [3.63, 3.8) is 0 Å². The highest BCUT2D eigenvalue weighted by molar-refractivity contribution is 6.47. The minimum absolute atomic E-state index is 0.00726. The maximum atomic E-state index is 12.6. The Labute approximate surface area is 205 Å². The second-order valence-corrected chi connectivity index (χ2v) is 9.86. The lowest BCUT2D eigenvalue weighted by molar-refractivity contribution is -0.158. The van der Waals surface area contributed by atoms with Crippen LogP contribution in [0, 0.1) is 5.92 Å². The molecule has 0 bridgehead atoms. The van der Waals surface area contributed by atoms with Crippen molar-refractivity contribution in [3.8, 4) is 5.75 Å². The Morgan fingerprint density at radius 2 is 1.80 bits per heavy atom. The zero-order valence-electron chi connectivity index (χ0n) is 20.0. The largest absolute Gasteiger partial charge is 0.535 e.